The van der Waals surface area contributed by atoms with E-state index < -0.39 is 66.2 Å². The van der Waals surface area contributed by atoms with Crippen molar-refractivity contribution >= 4 is 27.6 Å². The Hall–Kier alpha value is -1.96. The number of allylic oxidation sites excluding steroid dienone is 7. The van der Waals surface area contributed by atoms with Crippen LogP contribution in [0.3, 0.4) is 0 Å². The fraction of sp³-hybridized carbons (Fsp3) is 0.792. The van der Waals surface area contributed by atoms with Crippen molar-refractivity contribution in [2.24, 2.45) is 5.92 Å². The standard InChI is InChI=1S/C48H88O14P2/c1-4-5-35-44(49)36-31-27-23-19-15-12-13-17-21-25-29-33-38-48(52)62-46(42-61-64(56,57)60-40-45(50)39-59-63(53,54)55)41-58-47(51)37-32-28-24-20-16-11-9-7-6-8-10-14-18-22-26-30-34-43(2)3/h12-13,19,21,23,25,31,36,43-46,49-50H,4-11,14-18,20,22,24,26-30,32-35,37-42H2,1-3H3,(H,56,57)(H2,53,54,55)/b13-12-,23-19-,25-21-,36-31-/t44-,45+,46-/m1/s1. The molecule has 1 unspecified atom stereocenters. The van der Waals surface area contributed by atoms with Crippen LogP contribution in [0.15, 0.2) is 48.6 Å². The fourth-order valence-corrected chi connectivity index (χ4v) is 7.64. The highest BCUT2D eigenvalue weighted by Gasteiger charge is 2.28. The molecule has 0 bridgehead atoms. The highest BCUT2D eigenvalue weighted by molar-refractivity contribution is 7.47. The summed E-state index contributed by atoms with van der Waals surface area (Å²) in [6, 6.07) is 0. The zero-order valence-corrected chi connectivity index (χ0v) is 41.4. The number of phosphoric acid groups is 2. The number of hydrogen-bond donors (Lipinski definition) is 5. The molecule has 0 aliphatic carbocycles. The van der Waals surface area contributed by atoms with E-state index in [1.165, 1.54) is 83.5 Å². The van der Waals surface area contributed by atoms with Crippen molar-refractivity contribution in [2.45, 2.75) is 212 Å². The van der Waals surface area contributed by atoms with Gasteiger partial charge in [0.05, 0.1) is 25.9 Å². The molecule has 0 heterocycles. The lowest BCUT2D eigenvalue weighted by Gasteiger charge is -2.20. The van der Waals surface area contributed by atoms with Crippen molar-refractivity contribution in [1.29, 1.82) is 0 Å². The number of hydrogen-bond acceptors (Lipinski definition) is 11. The first-order valence-corrected chi connectivity index (χ1v) is 27.3. The van der Waals surface area contributed by atoms with Crippen LogP contribution in [0.4, 0.5) is 0 Å². The lowest BCUT2D eigenvalue weighted by molar-refractivity contribution is -0.161. The third-order valence-corrected chi connectivity index (χ3v) is 11.6. The van der Waals surface area contributed by atoms with Gasteiger partial charge in [-0.2, -0.15) is 0 Å². The van der Waals surface area contributed by atoms with Gasteiger partial charge in [-0.15, -0.1) is 0 Å². The number of carbonyl (C=O) groups is 2. The largest absolute Gasteiger partial charge is 0.472 e. The molecule has 0 spiro atoms. The molecular weight excluding hydrogens is 862 g/mol. The molecule has 4 atom stereocenters. The Kier molecular flexibility index (Phi) is 41.1. The Balaban J connectivity index is 4.54. The minimum atomic E-state index is -4.88. The SMILES string of the molecule is CCCC[C@@H](O)/C=C\C/C=C\C/C=C\C/C=C\CCCC(=O)O[C@H](COC(=O)CCCCCCCCCCCCCCCCCCC(C)C)COP(=O)(O)OC[C@@H](O)COP(=O)(O)O. The second kappa shape index (κ2) is 42.4. The molecule has 0 aromatic rings. The third-order valence-electron chi connectivity index (χ3n) is 10.2. The number of ether oxygens (including phenoxy) is 2. The average Bonchev–Trinajstić information content (AvgIpc) is 3.24. The minimum Gasteiger partial charge on any atom is -0.462 e. The Morgan fingerprint density at radius 3 is 1.53 bits per heavy atom. The molecule has 0 saturated heterocycles. The van der Waals surface area contributed by atoms with Crippen molar-refractivity contribution in [1.82, 2.24) is 0 Å². The number of aliphatic hydroxyl groups is 2. The van der Waals surface area contributed by atoms with Gasteiger partial charge in [0, 0.05) is 12.8 Å². The van der Waals surface area contributed by atoms with Gasteiger partial charge in [0.2, 0.25) is 0 Å². The van der Waals surface area contributed by atoms with E-state index in [-0.39, 0.29) is 18.9 Å². The Bertz CT molecular complexity index is 1350. The van der Waals surface area contributed by atoms with E-state index >= 15 is 0 Å². The molecule has 5 N–H and O–H groups in total. The Morgan fingerprint density at radius 2 is 1.00 bits per heavy atom. The predicted octanol–water partition coefficient (Wildman–Crippen LogP) is 11.8. The summed E-state index contributed by atoms with van der Waals surface area (Å²) in [6.45, 7) is 3.90. The van der Waals surface area contributed by atoms with Crippen molar-refractivity contribution in [3.8, 4) is 0 Å². The maximum atomic E-state index is 12.7. The quantitative estimate of drug-likeness (QED) is 0.0166. The number of aliphatic hydroxyl groups excluding tert-OH is 2. The van der Waals surface area contributed by atoms with Gasteiger partial charge in [-0.25, -0.2) is 9.13 Å². The van der Waals surface area contributed by atoms with Crippen molar-refractivity contribution in [2.75, 3.05) is 26.4 Å². The lowest BCUT2D eigenvalue weighted by Crippen LogP contribution is -2.29. The Morgan fingerprint density at radius 1 is 0.531 bits per heavy atom. The van der Waals surface area contributed by atoms with Crippen LogP contribution in [-0.2, 0) is 41.8 Å². The average molecular weight is 951 g/mol. The molecule has 0 aromatic carbocycles. The molecular formula is C48H88O14P2. The lowest BCUT2D eigenvalue weighted by atomic mass is 10.0. The van der Waals surface area contributed by atoms with Gasteiger partial charge in [0.15, 0.2) is 6.10 Å². The van der Waals surface area contributed by atoms with Crippen LogP contribution in [-0.4, -0.2) is 81.6 Å². The first-order valence-electron chi connectivity index (χ1n) is 24.3. The molecule has 16 heteroatoms. The molecule has 14 nitrogen and oxygen atoms in total. The van der Waals surface area contributed by atoms with Gasteiger partial charge in [-0.3, -0.25) is 23.2 Å². The predicted molar refractivity (Wildman–Crippen MR) is 254 cm³/mol. The summed E-state index contributed by atoms with van der Waals surface area (Å²) in [7, 11) is -9.71. The van der Waals surface area contributed by atoms with E-state index in [1.807, 2.05) is 30.4 Å². The van der Waals surface area contributed by atoms with E-state index in [4.69, 9.17) is 23.8 Å². The number of unbranched alkanes of at least 4 members (excludes halogenated alkanes) is 17. The summed E-state index contributed by atoms with van der Waals surface area (Å²) in [5.74, 6) is -0.295. The molecule has 374 valence electrons. The summed E-state index contributed by atoms with van der Waals surface area (Å²) in [5, 5.41) is 19.6. The summed E-state index contributed by atoms with van der Waals surface area (Å²) in [4.78, 5) is 52.8. The van der Waals surface area contributed by atoms with Crippen LogP contribution >= 0.6 is 15.6 Å². The van der Waals surface area contributed by atoms with Crippen LogP contribution in [0.25, 0.3) is 0 Å². The van der Waals surface area contributed by atoms with E-state index in [0.717, 1.165) is 63.7 Å². The maximum Gasteiger partial charge on any atom is 0.472 e. The van der Waals surface area contributed by atoms with Crippen LogP contribution in [0, 0.1) is 5.92 Å². The number of esters is 2. The first-order chi connectivity index (χ1) is 30.6. The summed E-state index contributed by atoms with van der Waals surface area (Å²) >= 11 is 0. The van der Waals surface area contributed by atoms with Crippen LogP contribution in [0.2, 0.25) is 0 Å². The van der Waals surface area contributed by atoms with Crippen molar-refractivity contribution in [3.63, 3.8) is 0 Å². The van der Waals surface area contributed by atoms with Crippen molar-refractivity contribution < 1.29 is 66.7 Å². The third kappa shape index (κ3) is 46.6. The van der Waals surface area contributed by atoms with Gasteiger partial charge in [0.1, 0.15) is 12.7 Å². The monoisotopic (exact) mass is 951 g/mol. The number of rotatable bonds is 45. The fourth-order valence-electron chi connectivity index (χ4n) is 6.49. The molecule has 64 heavy (non-hydrogen) atoms. The molecule has 0 aliphatic heterocycles. The molecule has 0 saturated carbocycles. The van der Waals surface area contributed by atoms with Gasteiger partial charge in [-0.05, 0) is 50.9 Å². The summed E-state index contributed by atoms with van der Waals surface area (Å²) in [6.07, 6.45) is 40.2. The first kappa shape index (κ1) is 62.0. The molecule has 0 radical (unpaired) electrons. The molecule has 0 aliphatic rings. The van der Waals surface area contributed by atoms with Gasteiger partial charge in [0.25, 0.3) is 0 Å². The molecule has 0 fully saturated rings. The highest BCUT2D eigenvalue weighted by Crippen LogP contribution is 2.43. The van der Waals surface area contributed by atoms with E-state index in [1.54, 1.807) is 0 Å². The van der Waals surface area contributed by atoms with Gasteiger partial charge >= 0.3 is 27.6 Å². The molecule has 0 amide bonds. The van der Waals surface area contributed by atoms with Crippen LogP contribution in [0.1, 0.15) is 194 Å². The topological polar surface area (TPSA) is 216 Å². The Labute approximate surface area is 386 Å². The van der Waals surface area contributed by atoms with Crippen LogP contribution < -0.4 is 0 Å². The normalized spacial score (nSPS) is 14.9. The van der Waals surface area contributed by atoms with E-state index in [2.05, 4.69) is 48.0 Å². The number of carbonyl (C=O) groups excluding carboxylic acids is 2. The maximum absolute atomic E-state index is 12.7. The highest BCUT2D eigenvalue weighted by atomic mass is 31.2. The second-order valence-corrected chi connectivity index (χ2v) is 19.7. The zero-order valence-electron chi connectivity index (χ0n) is 39.7. The second-order valence-electron chi connectivity index (χ2n) is 17.0. The number of phosphoric ester groups is 2. The molecule has 0 aromatic heterocycles. The van der Waals surface area contributed by atoms with Gasteiger partial charge in [-0.1, -0.05) is 185 Å². The minimum absolute atomic E-state index is 0.0391. The summed E-state index contributed by atoms with van der Waals surface area (Å²) < 4.78 is 47.8. The van der Waals surface area contributed by atoms with E-state index in [9.17, 15) is 33.8 Å². The molecule has 0 rings (SSSR count). The zero-order chi connectivity index (χ0) is 47.6. The van der Waals surface area contributed by atoms with Gasteiger partial charge < -0.3 is 34.4 Å². The summed E-state index contributed by atoms with van der Waals surface area (Å²) in [5.41, 5.74) is 0. The smallest absolute Gasteiger partial charge is 0.462 e. The van der Waals surface area contributed by atoms with Crippen LogP contribution in [0.5, 0.6) is 0 Å². The van der Waals surface area contributed by atoms with E-state index in [0.29, 0.717) is 19.3 Å². The van der Waals surface area contributed by atoms with Crippen molar-refractivity contribution in [3.05, 3.63) is 48.6 Å².